The number of aromatic nitrogens is 2. The van der Waals surface area contributed by atoms with Crippen molar-refractivity contribution in [2.45, 2.75) is 12.8 Å². The number of rotatable bonds is 8. The minimum absolute atomic E-state index is 0. The lowest BCUT2D eigenvalue weighted by Gasteiger charge is -2.13. The van der Waals surface area contributed by atoms with Gasteiger partial charge in [0.25, 0.3) is 0 Å². The molecular formula is C17H27IN6O2. The van der Waals surface area contributed by atoms with Gasteiger partial charge in [-0.2, -0.15) is 5.10 Å². The zero-order valence-corrected chi connectivity index (χ0v) is 17.8. The summed E-state index contributed by atoms with van der Waals surface area (Å²) in [5, 5.41) is 10.6. The molecule has 0 saturated carbocycles. The fourth-order valence-electron chi connectivity index (χ4n) is 2.18. The zero-order valence-electron chi connectivity index (χ0n) is 15.4. The van der Waals surface area contributed by atoms with Crippen LogP contribution in [0.4, 0.5) is 0 Å². The minimum atomic E-state index is -0.0428. The van der Waals surface area contributed by atoms with Crippen LogP contribution in [0.15, 0.2) is 40.1 Å². The molecule has 2 aromatic rings. The van der Waals surface area contributed by atoms with Crippen molar-refractivity contribution in [1.82, 2.24) is 25.3 Å². The van der Waals surface area contributed by atoms with Crippen LogP contribution in [0.5, 0.6) is 0 Å². The van der Waals surface area contributed by atoms with Crippen LogP contribution < -0.4 is 10.6 Å². The van der Waals surface area contributed by atoms with Gasteiger partial charge in [-0.05, 0) is 18.2 Å². The van der Waals surface area contributed by atoms with E-state index in [-0.39, 0.29) is 36.4 Å². The van der Waals surface area contributed by atoms with Crippen LogP contribution in [0.2, 0.25) is 0 Å². The third kappa shape index (κ3) is 7.46. The summed E-state index contributed by atoms with van der Waals surface area (Å²) in [4.78, 5) is 17.6. The second-order valence-corrected chi connectivity index (χ2v) is 5.83. The highest BCUT2D eigenvalue weighted by Gasteiger charge is 2.06. The van der Waals surface area contributed by atoms with Gasteiger partial charge in [0.05, 0.1) is 6.26 Å². The smallest absolute Gasteiger partial charge is 0.243 e. The lowest BCUT2D eigenvalue weighted by atomic mass is 10.3. The van der Waals surface area contributed by atoms with Crippen molar-refractivity contribution in [3.63, 3.8) is 0 Å². The Morgan fingerprint density at radius 1 is 1.27 bits per heavy atom. The van der Waals surface area contributed by atoms with E-state index in [4.69, 9.17) is 4.42 Å². The molecule has 0 aliphatic heterocycles. The van der Waals surface area contributed by atoms with E-state index in [9.17, 15) is 4.79 Å². The third-order valence-corrected chi connectivity index (χ3v) is 3.71. The summed E-state index contributed by atoms with van der Waals surface area (Å²) in [6, 6.07) is 5.79. The second-order valence-electron chi connectivity index (χ2n) is 5.83. The van der Waals surface area contributed by atoms with Crippen molar-refractivity contribution >= 4 is 35.8 Å². The number of guanidine groups is 1. The largest absolute Gasteiger partial charge is 0.469 e. The number of nitrogens with zero attached hydrogens (tertiary/aromatic N) is 4. The Hall–Kier alpha value is -2.04. The van der Waals surface area contributed by atoms with E-state index >= 15 is 0 Å². The number of furan rings is 1. The van der Waals surface area contributed by atoms with Crippen LogP contribution in [0.3, 0.4) is 0 Å². The van der Waals surface area contributed by atoms with E-state index < -0.39 is 0 Å². The lowest BCUT2D eigenvalue weighted by Crippen LogP contribution is -2.40. The number of carbonyl (C=O) groups is 1. The molecule has 0 radical (unpaired) electrons. The summed E-state index contributed by atoms with van der Waals surface area (Å²) < 4.78 is 7.16. The molecule has 0 atom stereocenters. The van der Waals surface area contributed by atoms with Crippen LogP contribution in [0.25, 0.3) is 0 Å². The number of likely N-dealkylation sites (N-methyl/N-ethyl adjacent to an activating group) is 1. The van der Waals surface area contributed by atoms with E-state index in [0.29, 0.717) is 19.0 Å². The average molecular weight is 474 g/mol. The molecule has 2 aromatic heterocycles. The number of halogens is 1. The quantitative estimate of drug-likeness (QED) is 0.339. The first-order valence-corrected chi connectivity index (χ1v) is 8.28. The summed E-state index contributed by atoms with van der Waals surface area (Å²) in [6.07, 6.45) is 5.00. The van der Waals surface area contributed by atoms with E-state index in [0.717, 1.165) is 24.3 Å². The van der Waals surface area contributed by atoms with E-state index in [1.54, 1.807) is 26.6 Å². The molecule has 0 aliphatic rings. The molecule has 8 nitrogen and oxygen atoms in total. The van der Waals surface area contributed by atoms with Crippen LogP contribution in [-0.2, 0) is 24.7 Å². The fourth-order valence-corrected chi connectivity index (χ4v) is 2.18. The predicted octanol–water partition coefficient (Wildman–Crippen LogP) is 1.04. The molecule has 0 bridgehead atoms. The third-order valence-electron chi connectivity index (χ3n) is 3.71. The molecule has 2 rings (SSSR count). The topological polar surface area (TPSA) is 87.7 Å². The maximum absolute atomic E-state index is 11.7. The molecule has 1 amide bonds. The molecule has 2 N–H and O–H groups in total. The Bertz CT molecular complexity index is 681. The Labute approximate surface area is 171 Å². The van der Waals surface area contributed by atoms with Crippen LogP contribution in [-0.4, -0.2) is 60.3 Å². The van der Waals surface area contributed by atoms with Gasteiger partial charge in [-0.25, -0.2) is 4.99 Å². The Kier molecular flexibility index (Phi) is 9.78. The first kappa shape index (κ1) is 22.0. The van der Waals surface area contributed by atoms with Gasteiger partial charge < -0.3 is 20.0 Å². The minimum Gasteiger partial charge on any atom is -0.469 e. The summed E-state index contributed by atoms with van der Waals surface area (Å²) in [7, 11) is 5.36. The molecule has 0 aromatic carbocycles. The van der Waals surface area contributed by atoms with Crippen LogP contribution in [0, 0.1) is 0 Å². The van der Waals surface area contributed by atoms with Gasteiger partial charge in [-0.15, -0.1) is 24.0 Å². The molecule has 2 heterocycles. The van der Waals surface area contributed by atoms with Gasteiger partial charge in [-0.1, -0.05) is 0 Å². The fraction of sp³-hybridized carbons (Fsp3) is 0.471. The molecule has 0 saturated heterocycles. The number of hydrogen-bond donors (Lipinski definition) is 2. The number of aliphatic imine (C=N–C) groups is 1. The number of amides is 1. The molecule has 0 unspecified atom stereocenters. The number of hydrogen-bond acceptors (Lipinski definition) is 4. The summed E-state index contributed by atoms with van der Waals surface area (Å²) >= 11 is 0. The number of aryl methyl sites for hydroxylation is 1. The van der Waals surface area contributed by atoms with Crippen LogP contribution >= 0.6 is 24.0 Å². The van der Waals surface area contributed by atoms with Crippen molar-refractivity contribution in [3.05, 3.63) is 42.1 Å². The first-order chi connectivity index (χ1) is 12.1. The van der Waals surface area contributed by atoms with Crippen molar-refractivity contribution in [2.24, 2.45) is 12.0 Å². The lowest BCUT2D eigenvalue weighted by molar-refractivity contribution is -0.127. The first-order valence-electron chi connectivity index (χ1n) is 8.28. The van der Waals surface area contributed by atoms with Crippen molar-refractivity contribution < 1.29 is 9.21 Å². The highest BCUT2D eigenvalue weighted by molar-refractivity contribution is 14.0. The standard InChI is InChI=1S/C17H26N6O2.HI/c1-22(2)16(24)13-20-17(19-10-8-15-5-4-12-25-15)18-9-6-14-7-11-21-23(14)3;/h4-5,7,11-12H,6,8-10,13H2,1-3H3,(H2,18,19,20);1H. The van der Waals surface area contributed by atoms with Gasteiger partial charge in [0, 0.05) is 59.0 Å². The number of carbonyl (C=O) groups excluding carboxylic acids is 1. The van der Waals surface area contributed by atoms with Gasteiger partial charge >= 0.3 is 0 Å². The summed E-state index contributed by atoms with van der Waals surface area (Å²) in [5.74, 6) is 1.48. The van der Waals surface area contributed by atoms with Gasteiger partial charge in [-0.3, -0.25) is 9.48 Å². The van der Waals surface area contributed by atoms with E-state index in [2.05, 4.69) is 20.7 Å². The molecule has 144 valence electrons. The maximum atomic E-state index is 11.7. The van der Waals surface area contributed by atoms with Gasteiger partial charge in [0.15, 0.2) is 5.96 Å². The maximum Gasteiger partial charge on any atom is 0.243 e. The molecular weight excluding hydrogens is 447 g/mol. The Morgan fingerprint density at radius 3 is 2.58 bits per heavy atom. The second kappa shape index (κ2) is 11.6. The van der Waals surface area contributed by atoms with Gasteiger partial charge in [0.2, 0.25) is 5.91 Å². The van der Waals surface area contributed by atoms with Crippen molar-refractivity contribution in [3.8, 4) is 0 Å². The molecule has 0 fully saturated rings. The average Bonchev–Trinajstić information content (AvgIpc) is 3.23. The zero-order chi connectivity index (χ0) is 18.1. The van der Waals surface area contributed by atoms with E-state index in [1.165, 1.54) is 4.90 Å². The Morgan fingerprint density at radius 2 is 2.00 bits per heavy atom. The molecule has 26 heavy (non-hydrogen) atoms. The van der Waals surface area contributed by atoms with Crippen molar-refractivity contribution in [2.75, 3.05) is 33.7 Å². The monoisotopic (exact) mass is 474 g/mol. The van der Waals surface area contributed by atoms with Crippen molar-refractivity contribution in [1.29, 1.82) is 0 Å². The summed E-state index contributed by atoms with van der Waals surface area (Å²) in [5.41, 5.74) is 1.13. The SMILES string of the molecule is CN(C)C(=O)CN=C(NCCc1ccco1)NCCc1ccnn1C.I. The van der Waals surface area contributed by atoms with E-state index in [1.807, 2.05) is 29.9 Å². The molecule has 0 spiro atoms. The molecule has 9 heteroatoms. The Balaban J connectivity index is 0.00000338. The van der Waals surface area contributed by atoms with Crippen LogP contribution in [0.1, 0.15) is 11.5 Å². The van der Waals surface area contributed by atoms with Gasteiger partial charge in [0.1, 0.15) is 12.3 Å². The number of nitrogens with one attached hydrogen (secondary N) is 2. The highest BCUT2D eigenvalue weighted by atomic mass is 127. The predicted molar refractivity (Wildman–Crippen MR) is 112 cm³/mol. The normalized spacial score (nSPS) is 11.0. The highest BCUT2D eigenvalue weighted by Crippen LogP contribution is 1.99. The summed E-state index contributed by atoms with van der Waals surface area (Å²) in [6.45, 7) is 1.47. The molecule has 0 aliphatic carbocycles.